The maximum absolute atomic E-state index is 11.3. The fourth-order valence-corrected chi connectivity index (χ4v) is 2.22. The maximum Gasteiger partial charge on any atom is 0.264 e. The topological polar surface area (TPSA) is 98.1 Å². The predicted molar refractivity (Wildman–Crippen MR) is 43.4 cm³/mol. The van der Waals surface area contributed by atoms with Crippen molar-refractivity contribution in [3.63, 3.8) is 0 Å². The summed E-state index contributed by atoms with van der Waals surface area (Å²) in [5, 5.41) is 16.6. The van der Waals surface area contributed by atoms with E-state index >= 15 is 0 Å². The SMILES string of the molecule is CC1(P(C)(=O)O)CC(O)N(O)C1=O. The van der Waals surface area contributed by atoms with Gasteiger partial charge in [-0.1, -0.05) is 0 Å². The summed E-state index contributed by atoms with van der Waals surface area (Å²) in [4.78, 5) is 20.5. The quantitative estimate of drug-likeness (QED) is 0.402. The molecule has 13 heavy (non-hydrogen) atoms. The minimum atomic E-state index is -3.67. The standard InChI is InChI=1S/C6H12NO5P/c1-6(13(2,11)12)3-4(8)7(10)5(6)9/h4,8,10H,3H2,1-2H3,(H,11,12). The Hall–Kier alpha value is -0.420. The van der Waals surface area contributed by atoms with Crippen LogP contribution in [0.1, 0.15) is 13.3 Å². The van der Waals surface area contributed by atoms with Crippen molar-refractivity contribution >= 4 is 13.3 Å². The molecule has 1 aliphatic heterocycles. The van der Waals surface area contributed by atoms with Crippen LogP contribution in [0.4, 0.5) is 0 Å². The highest BCUT2D eigenvalue weighted by molar-refractivity contribution is 7.60. The monoisotopic (exact) mass is 209 g/mol. The second-order valence-corrected chi connectivity index (χ2v) is 6.23. The van der Waals surface area contributed by atoms with Gasteiger partial charge in [-0.25, -0.2) is 0 Å². The number of aliphatic hydroxyl groups is 1. The van der Waals surface area contributed by atoms with Gasteiger partial charge in [-0.15, -0.1) is 0 Å². The van der Waals surface area contributed by atoms with Gasteiger partial charge in [0.2, 0.25) is 7.37 Å². The molecule has 6 nitrogen and oxygen atoms in total. The first-order valence-corrected chi connectivity index (χ1v) is 5.82. The summed E-state index contributed by atoms with van der Waals surface area (Å²) in [6, 6.07) is 0. The molecule has 7 heteroatoms. The first kappa shape index (κ1) is 10.7. The minimum Gasteiger partial charge on any atom is -0.371 e. The van der Waals surface area contributed by atoms with Crippen LogP contribution in [0.3, 0.4) is 0 Å². The summed E-state index contributed by atoms with van der Waals surface area (Å²) in [6.07, 6.45) is -1.62. The number of aliphatic hydroxyl groups excluding tert-OH is 1. The molecule has 1 fully saturated rings. The molecular formula is C6H12NO5P. The first-order valence-electron chi connectivity index (χ1n) is 3.71. The molecule has 76 valence electrons. The normalized spacial score (nSPS) is 39.3. The van der Waals surface area contributed by atoms with Gasteiger partial charge < -0.3 is 10.00 Å². The molecule has 3 unspecified atom stereocenters. The molecule has 1 aliphatic rings. The zero-order valence-electron chi connectivity index (χ0n) is 7.34. The van der Waals surface area contributed by atoms with E-state index in [2.05, 4.69) is 0 Å². The summed E-state index contributed by atoms with van der Waals surface area (Å²) in [6.45, 7) is 2.30. The lowest BCUT2D eigenvalue weighted by Crippen LogP contribution is -2.36. The van der Waals surface area contributed by atoms with Crippen molar-refractivity contribution in [1.82, 2.24) is 5.06 Å². The largest absolute Gasteiger partial charge is 0.371 e. The van der Waals surface area contributed by atoms with E-state index in [-0.39, 0.29) is 11.5 Å². The first-order chi connectivity index (χ1) is 5.70. The fraction of sp³-hybridized carbons (Fsp3) is 0.833. The number of carbonyl (C=O) groups excluding carboxylic acids is 1. The summed E-state index contributed by atoms with van der Waals surface area (Å²) < 4.78 is 11.3. The van der Waals surface area contributed by atoms with E-state index in [0.29, 0.717) is 0 Å². The lowest BCUT2D eigenvalue weighted by Gasteiger charge is -2.23. The van der Waals surface area contributed by atoms with E-state index in [1.54, 1.807) is 0 Å². The molecule has 0 spiro atoms. The van der Waals surface area contributed by atoms with Crippen LogP contribution in [0.25, 0.3) is 0 Å². The van der Waals surface area contributed by atoms with E-state index in [4.69, 9.17) is 10.3 Å². The molecule has 0 bridgehead atoms. The Morgan fingerprint density at radius 1 is 1.69 bits per heavy atom. The lowest BCUT2D eigenvalue weighted by atomic mass is 10.1. The second-order valence-electron chi connectivity index (χ2n) is 3.49. The summed E-state index contributed by atoms with van der Waals surface area (Å²) in [5.74, 6) is -0.909. The van der Waals surface area contributed by atoms with Crippen LogP contribution >= 0.6 is 7.37 Å². The number of nitrogens with zero attached hydrogens (tertiary/aromatic N) is 1. The van der Waals surface area contributed by atoms with Gasteiger partial charge in [-0.2, -0.15) is 5.06 Å². The molecule has 1 saturated heterocycles. The fourth-order valence-electron chi connectivity index (χ4n) is 1.26. The maximum atomic E-state index is 11.3. The van der Waals surface area contributed by atoms with Crippen LogP contribution in [-0.4, -0.2) is 44.2 Å². The smallest absolute Gasteiger partial charge is 0.264 e. The highest BCUT2D eigenvalue weighted by Crippen LogP contribution is 2.56. The Labute approximate surface area is 75.2 Å². The number of hydroxylamine groups is 2. The molecule has 1 rings (SSSR count). The molecule has 0 saturated carbocycles. The van der Waals surface area contributed by atoms with Crippen molar-refractivity contribution < 1.29 is 24.6 Å². The Morgan fingerprint density at radius 3 is 2.31 bits per heavy atom. The van der Waals surface area contributed by atoms with E-state index < -0.39 is 24.7 Å². The molecule has 0 aromatic carbocycles. The van der Waals surface area contributed by atoms with Gasteiger partial charge in [0.1, 0.15) is 5.16 Å². The third-order valence-electron chi connectivity index (χ3n) is 2.45. The highest BCUT2D eigenvalue weighted by Gasteiger charge is 2.56. The van der Waals surface area contributed by atoms with Crippen molar-refractivity contribution in [2.24, 2.45) is 0 Å². The van der Waals surface area contributed by atoms with Crippen LogP contribution in [0.2, 0.25) is 0 Å². The molecule has 1 heterocycles. The summed E-state index contributed by atoms with van der Waals surface area (Å²) >= 11 is 0. The molecular weight excluding hydrogens is 197 g/mol. The molecule has 0 aromatic heterocycles. The number of carbonyl (C=O) groups is 1. The van der Waals surface area contributed by atoms with Crippen LogP contribution < -0.4 is 0 Å². The third-order valence-corrected chi connectivity index (χ3v) is 4.65. The summed E-state index contributed by atoms with van der Waals surface area (Å²) in [5.41, 5.74) is 0. The van der Waals surface area contributed by atoms with Crippen molar-refractivity contribution in [3.8, 4) is 0 Å². The van der Waals surface area contributed by atoms with Crippen molar-refractivity contribution in [1.29, 1.82) is 0 Å². The van der Waals surface area contributed by atoms with E-state index in [1.807, 2.05) is 0 Å². The van der Waals surface area contributed by atoms with Gasteiger partial charge in [-0.05, 0) is 6.92 Å². The number of rotatable bonds is 1. The summed E-state index contributed by atoms with van der Waals surface area (Å²) in [7, 11) is -3.67. The predicted octanol–water partition coefficient (Wildman–Crippen LogP) is -0.415. The minimum absolute atomic E-state index is 0.104. The van der Waals surface area contributed by atoms with Crippen LogP contribution in [0.5, 0.6) is 0 Å². The molecule has 0 aromatic rings. The zero-order valence-corrected chi connectivity index (χ0v) is 8.23. The Balaban J connectivity index is 3.09. The molecule has 3 atom stereocenters. The number of hydrogen-bond acceptors (Lipinski definition) is 4. The van der Waals surface area contributed by atoms with Crippen molar-refractivity contribution in [2.75, 3.05) is 6.66 Å². The molecule has 0 aliphatic carbocycles. The van der Waals surface area contributed by atoms with Crippen LogP contribution in [-0.2, 0) is 9.36 Å². The Morgan fingerprint density at radius 2 is 2.15 bits per heavy atom. The van der Waals surface area contributed by atoms with Gasteiger partial charge in [0.05, 0.1) is 0 Å². The molecule has 0 radical (unpaired) electrons. The average Bonchev–Trinajstić information content (AvgIpc) is 2.15. The Bertz CT molecular complexity index is 287. The lowest BCUT2D eigenvalue weighted by molar-refractivity contribution is -0.190. The van der Waals surface area contributed by atoms with Gasteiger partial charge in [-0.3, -0.25) is 14.6 Å². The molecule has 1 amide bonds. The Kier molecular flexibility index (Phi) is 2.28. The van der Waals surface area contributed by atoms with E-state index in [9.17, 15) is 14.3 Å². The van der Waals surface area contributed by atoms with Gasteiger partial charge in [0.15, 0.2) is 6.23 Å². The van der Waals surface area contributed by atoms with Crippen LogP contribution in [0, 0.1) is 0 Å². The van der Waals surface area contributed by atoms with Crippen molar-refractivity contribution in [2.45, 2.75) is 24.7 Å². The number of amides is 1. The zero-order chi connectivity index (χ0) is 10.4. The average molecular weight is 209 g/mol. The van der Waals surface area contributed by atoms with Crippen LogP contribution in [0.15, 0.2) is 0 Å². The highest BCUT2D eigenvalue weighted by atomic mass is 31.2. The molecule has 3 N–H and O–H groups in total. The van der Waals surface area contributed by atoms with E-state index in [1.165, 1.54) is 6.92 Å². The van der Waals surface area contributed by atoms with Gasteiger partial charge in [0, 0.05) is 13.1 Å². The van der Waals surface area contributed by atoms with Gasteiger partial charge in [0.25, 0.3) is 5.91 Å². The van der Waals surface area contributed by atoms with Gasteiger partial charge >= 0.3 is 0 Å². The van der Waals surface area contributed by atoms with Crippen molar-refractivity contribution in [3.05, 3.63) is 0 Å². The third kappa shape index (κ3) is 1.40. The number of hydrogen-bond donors (Lipinski definition) is 3. The van der Waals surface area contributed by atoms with E-state index in [0.717, 1.165) is 6.66 Å². The second kappa shape index (κ2) is 2.78.